The van der Waals surface area contributed by atoms with E-state index in [2.05, 4.69) is 9.84 Å². The topological polar surface area (TPSA) is 141 Å². The maximum atomic E-state index is 11.2. The van der Waals surface area contributed by atoms with Crippen LogP contribution in [0.2, 0.25) is 0 Å². The lowest BCUT2D eigenvalue weighted by Crippen LogP contribution is -2.36. The standard InChI is InChI=1S/C10H12N4O6/c1-2-19-9(15)6-13(10(11)16)12-5-7-3-4-8(20-7)14(17)18/h3-5H,2,6H2,1H3,(H2,11,16). The highest BCUT2D eigenvalue weighted by Crippen LogP contribution is 2.13. The maximum absolute atomic E-state index is 11.2. The second-order valence-electron chi connectivity index (χ2n) is 3.38. The molecule has 0 bridgehead atoms. The molecule has 108 valence electrons. The van der Waals surface area contributed by atoms with Crippen molar-refractivity contribution in [1.29, 1.82) is 0 Å². The summed E-state index contributed by atoms with van der Waals surface area (Å²) in [4.78, 5) is 31.9. The molecule has 10 nitrogen and oxygen atoms in total. The zero-order chi connectivity index (χ0) is 15.1. The Balaban J connectivity index is 2.73. The van der Waals surface area contributed by atoms with Gasteiger partial charge < -0.3 is 14.9 Å². The molecule has 1 aromatic heterocycles. The summed E-state index contributed by atoms with van der Waals surface area (Å²) in [5.41, 5.74) is 5.03. The van der Waals surface area contributed by atoms with Crippen molar-refractivity contribution in [3.05, 3.63) is 28.0 Å². The van der Waals surface area contributed by atoms with Gasteiger partial charge in [0, 0.05) is 0 Å². The summed E-state index contributed by atoms with van der Waals surface area (Å²) in [7, 11) is 0. The summed E-state index contributed by atoms with van der Waals surface area (Å²) in [6, 6.07) is 1.43. The number of nitrogens with zero attached hydrogens (tertiary/aromatic N) is 3. The molecule has 1 heterocycles. The van der Waals surface area contributed by atoms with Crippen LogP contribution in [0.15, 0.2) is 21.7 Å². The molecule has 0 saturated heterocycles. The first-order valence-corrected chi connectivity index (χ1v) is 5.44. The monoisotopic (exact) mass is 284 g/mol. The SMILES string of the molecule is CCOC(=O)CN(N=Cc1ccc([N+](=O)[O-])o1)C(N)=O. The maximum Gasteiger partial charge on any atom is 0.433 e. The van der Waals surface area contributed by atoms with E-state index in [-0.39, 0.29) is 12.4 Å². The number of rotatable bonds is 6. The lowest BCUT2D eigenvalue weighted by molar-refractivity contribution is -0.402. The van der Waals surface area contributed by atoms with Crippen LogP contribution in [0, 0.1) is 10.1 Å². The Morgan fingerprint density at radius 3 is 2.80 bits per heavy atom. The Hall–Kier alpha value is -2.91. The van der Waals surface area contributed by atoms with Gasteiger partial charge in [0.15, 0.2) is 5.76 Å². The normalized spacial score (nSPS) is 10.4. The average Bonchev–Trinajstić information content (AvgIpc) is 2.83. The van der Waals surface area contributed by atoms with Crippen molar-refractivity contribution in [2.75, 3.05) is 13.2 Å². The number of esters is 1. The predicted octanol–water partition coefficient (Wildman–Crippen LogP) is 0.465. The van der Waals surface area contributed by atoms with E-state index < -0.39 is 29.4 Å². The molecular weight excluding hydrogens is 272 g/mol. The van der Waals surface area contributed by atoms with Crippen molar-refractivity contribution in [2.24, 2.45) is 10.8 Å². The van der Waals surface area contributed by atoms with Crippen LogP contribution in [-0.2, 0) is 9.53 Å². The fraction of sp³-hybridized carbons (Fsp3) is 0.300. The number of primary amides is 1. The molecule has 10 heteroatoms. The van der Waals surface area contributed by atoms with Gasteiger partial charge in [-0.15, -0.1) is 0 Å². The van der Waals surface area contributed by atoms with Crippen molar-refractivity contribution in [3.8, 4) is 0 Å². The Kier molecular flexibility index (Phi) is 5.21. The number of nitrogens with two attached hydrogens (primary N) is 1. The lowest BCUT2D eigenvalue weighted by atomic mass is 10.5. The van der Waals surface area contributed by atoms with Crippen LogP contribution in [0.4, 0.5) is 10.7 Å². The van der Waals surface area contributed by atoms with Crippen LogP contribution in [0.25, 0.3) is 0 Å². The van der Waals surface area contributed by atoms with E-state index >= 15 is 0 Å². The number of hydrogen-bond acceptors (Lipinski definition) is 7. The van der Waals surface area contributed by atoms with E-state index in [1.807, 2.05) is 0 Å². The molecule has 2 amide bonds. The molecule has 0 unspecified atom stereocenters. The molecule has 0 aliphatic rings. The molecule has 0 aliphatic carbocycles. The van der Waals surface area contributed by atoms with E-state index in [0.717, 1.165) is 12.3 Å². The summed E-state index contributed by atoms with van der Waals surface area (Å²) in [5, 5.41) is 14.6. The van der Waals surface area contributed by atoms with Crippen molar-refractivity contribution in [3.63, 3.8) is 0 Å². The first-order chi connectivity index (χ1) is 9.43. The molecule has 1 rings (SSSR count). The third kappa shape index (κ3) is 4.40. The molecular formula is C10H12N4O6. The smallest absolute Gasteiger partial charge is 0.433 e. The van der Waals surface area contributed by atoms with E-state index in [9.17, 15) is 19.7 Å². The average molecular weight is 284 g/mol. The highest BCUT2D eigenvalue weighted by atomic mass is 16.6. The minimum Gasteiger partial charge on any atom is -0.465 e. The van der Waals surface area contributed by atoms with Crippen molar-refractivity contribution < 1.29 is 23.7 Å². The molecule has 2 N–H and O–H groups in total. The van der Waals surface area contributed by atoms with Crippen LogP contribution < -0.4 is 5.73 Å². The summed E-state index contributed by atoms with van der Waals surface area (Å²) in [5.74, 6) is -1.12. The minimum absolute atomic E-state index is 0.0341. The van der Waals surface area contributed by atoms with E-state index in [0.29, 0.717) is 5.01 Å². The van der Waals surface area contributed by atoms with Crippen LogP contribution in [0.3, 0.4) is 0 Å². The number of furan rings is 1. The fourth-order valence-corrected chi connectivity index (χ4v) is 1.14. The van der Waals surface area contributed by atoms with Crippen LogP contribution in [0.5, 0.6) is 0 Å². The number of ether oxygens (including phenoxy) is 1. The molecule has 0 atom stereocenters. The molecule has 0 spiro atoms. The second-order valence-corrected chi connectivity index (χ2v) is 3.38. The van der Waals surface area contributed by atoms with Gasteiger partial charge in [0.25, 0.3) is 0 Å². The van der Waals surface area contributed by atoms with Gasteiger partial charge >= 0.3 is 17.9 Å². The Bertz CT molecular complexity index is 538. The first kappa shape index (κ1) is 15.1. The summed E-state index contributed by atoms with van der Waals surface area (Å²) in [6.45, 7) is 1.29. The molecule has 0 fully saturated rings. The number of urea groups is 1. The summed E-state index contributed by atoms with van der Waals surface area (Å²) in [6.07, 6.45) is 1.02. The van der Waals surface area contributed by atoms with Gasteiger partial charge in [0.2, 0.25) is 0 Å². The number of carbonyl (C=O) groups is 2. The number of hydrogen-bond donors (Lipinski definition) is 1. The van der Waals surface area contributed by atoms with Crippen molar-refractivity contribution >= 4 is 24.1 Å². The van der Waals surface area contributed by atoms with Crippen LogP contribution in [-0.4, -0.2) is 41.3 Å². The van der Waals surface area contributed by atoms with Crippen molar-refractivity contribution in [1.82, 2.24) is 5.01 Å². The van der Waals surface area contributed by atoms with Crippen molar-refractivity contribution in [2.45, 2.75) is 6.92 Å². The molecule has 0 radical (unpaired) electrons. The van der Waals surface area contributed by atoms with Crippen LogP contribution >= 0.6 is 0 Å². The van der Waals surface area contributed by atoms with Gasteiger partial charge in [-0.1, -0.05) is 0 Å². The zero-order valence-corrected chi connectivity index (χ0v) is 10.5. The number of amides is 2. The molecule has 0 saturated carbocycles. The van der Waals surface area contributed by atoms with Gasteiger partial charge in [-0.25, -0.2) is 9.80 Å². The van der Waals surface area contributed by atoms with Gasteiger partial charge in [0.05, 0.1) is 18.9 Å². The van der Waals surface area contributed by atoms with Gasteiger partial charge in [-0.2, -0.15) is 5.10 Å². The highest BCUT2D eigenvalue weighted by molar-refractivity contribution is 5.82. The third-order valence-corrected chi connectivity index (χ3v) is 1.96. The lowest BCUT2D eigenvalue weighted by Gasteiger charge is -2.12. The van der Waals surface area contributed by atoms with E-state index in [1.54, 1.807) is 6.92 Å². The molecule has 0 aliphatic heterocycles. The quantitative estimate of drug-likeness (QED) is 0.348. The number of carbonyl (C=O) groups excluding carboxylic acids is 2. The Morgan fingerprint density at radius 1 is 1.60 bits per heavy atom. The van der Waals surface area contributed by atoms with E-state index in [4.69, 9.17) is 10.2 Å². The van der Waals surface area contributed by atoms with Gasteiger partial charge in [0.1, 0.15) is 11.5 Å². The molecule has 0 aromatic carbocycles. The molecule has 1 aromatic rings. The fourth-order valence-electron chi connectivity index (χ4n) is 1.14. The minimum atomic E-state index is -0.977. The second kappa shape index (κ2) is 6.87. The summed E-state index contributed by atoms with van der Waals surface area (Å²) >= 11 is 0. The van der Waals surface area contributed by atoms with Gasteiger partial charge in [-0.3, -0.25) is 14.9 Å². The Labute approximate surface area is 112 Å². The molecule has 20 heavy (non-hydrogen) atoms. The predicted molar refractivity (Wildman–Crippen MR) is 65.9 cm³/mol. The Morgan fingerprint density at radius 2 is 2.30 bits per heavy atom. The third-order valence-electron chi connectivity index (χ3n) is 1.96. The zero-order valence-electron chi connectivity index (χ0n) is 10.5. The van der Waals surface area contributed by atoms with E-state index in [1.165, 1.54) is 6.07 Å². The largest absolute Gasteiger partial charge is 0.465 e. The van der Waals surface area contributed by atoms with Crippen LogP contribution in [0.1, 0.15) is 12.7 Å². The first-order valence-electron chi connectivity index (χ1n) is 5.44. The highest BCUT2D eigenvalue weighted by Gasteiger charge is 2.15. The summed E-state index contributed by atoms with van der Waals surface area (Å²) < 4.78 is 9.42. The number of hydrazone groups is 1. The van der Waals surface area contributed by atoms with Gasteiger partial charge in [-0.05, 0) is 13.0 Å². The number of nitro groups is 1.